The van der Waals surface area contributed by atoms with Crippen molar-refractivity contribution in [2.24, 2.45) is 29.4 Å². The lowest BCUT2D eigenvalue weighted by Crippen LogP contribution is -2.60. The number of ether oxygens (including phenoxy) is 2. The first-order chi connectivity index (χ1) is 33.8. The van der Waals surface area contributed by atoms with Gasteiger partial charge in [-0.2, -0.15) is 5.26 Å². The summed E-state index contributed by atoms with van der Waals surface area (Å²) in [5.41, 5.74) is 8.90. The van der Waals surface area contributed by atoms with Crippen LogP contribution in [-0.4, -0.2) is 136 Å². The second-order valence-electron chi connectivity index (χ2n) is 20.6. The Morgan fingerprint density at radius 1 is 0.708 bits per heavy atom. The number of carbonyl (C=O) groups excluding carboxylic acids is 6. The minimum Gasteiger partial charge on any atom is -0.497 e. The number of esters is 1. The molecule has 0 saturated carbocycles. The van der Waals surface area contributed by atoms with Crippen LogP contribution in [-0.2, 0) is 51.3 Å². The molecule has 18 heteroatoms. The lowest BCUT2D eigenvalue weighted by Gasteiger charge is -2.35. The number of nitriles is 1. The van der Waals surface area contributed by atoms with Gasteiger partial charge in [-0.3, -0.25) is 24.0 Å². The lowest BCUT2D eigenvalue weighted by atomic mass is 9.96. The lowest BCUT2D eigenvalue weighted by molar-refractivity contribution is -0.169. The average molecular weight is 1000 g/mol. The Bertz CT molecular complexity index is 2360. The van der Waals surface area contributed by atoms with Crippen LogP contribution >= 0.6 is 0 Å². The molecule has 0 bridgehead atoms. The highest BCUT2D eigenvalue weighted by Gasteiger charge is 2.39. The number of likely N-dealkylation sites (N-methyl/N-ethyl adjacent to an activating group) is 3. The zero-order valence-electron chi connectivity index (χ0n) is 44.6. The number of carbonyl (C=O) groups is 7. The minimum atomic E-state index is -1.60. The minimum absolute atomic E-state index is 0.00979. The van der Waals surface area contributed by atoms with Crippen LogP contribution in [0.15, 0.2) is 54.7 Å². The van der Waals surface area contributed by atoms with Gasteiger partial charge >= 0.3 is 11.9 Å². The summed E-state index contributed by atoms with van der Waals surface area (Å²) in [5, 5.41) is 25.3. The summed E-state index contributed by atoms with van der Waals surface area (Å²) in [6.07, 6.45) is 0.926. The number of para-hydroxylation sites is 1. The molecule has 2 aromatic carbocycles. The first-order valence-corrected chi connectivity index (χ1v) is 25.0. The number of methoxy groups -OCH3 is 1. The summed E-state index contributed by atoms with van der Waals surface area (Å²) in [6.45, 7) is 17.2. The second-order valence-corrected chi connectivity index (χ2v) is 20.6. The molecular formula is C54H80N8O10. The third-order valence-electron chi connectivity index (χ3n) is 12.7. The third-order valence-corrected chi connectivity index (χ3v) is 12.7. The highest BCUT2D eigenvalue weighted by atomic mass is 16.6. The average Bonchev–Trinajstić information content (AvgIpc) is 3.67. The van der Waals surface area contributed by atoms with Crippen LogP contribution < -0.4 is 21.1 Å². The van der Waals surface area contributed by atoms with Crippen molar-refractivity contribution in [2.45, 2.75) is 156 Å². The molecule has 5 N–H and O–H groups in total. The summed E-state index contributed by atoms with van der Waals surface area (Å²) in [5.74, 6) is -4.71. The van der Waals surface area contributed by atoms with E-state index in [1.54, 1.807) is 14.2 Å². The van der Waals surface area contributed by atoms with Crippen molar-refractivity contribution >= 4 is 52.4 Å². The number of nitrogens with one attached hydrogen (secondary N) is 2. The fourth-order valence-electron chi connectivity index (χ4n) is 8.65. The monoisotopic (exact) mass is 1000 g/mol. The largest absolute Gasteiger partial charge is 0.497 e. The van der Waals surface area contributed by atoms with Gasteiger partial charge in [-0.25, -0.2) is 9.59 Å². The molecule has 0 unspecified atom stereocenters. The quantitative estimate of drug-likeness (QED) is 0.0657. The van der Waals surface area contributed by atoms with Gasteiger partial charge in [0, 0.05) is 64.1 Å². The maximum Gasteiger partial charge on any atom is 0.345 e. The number of fused-ring (bicyclic) bond motifs is 1. The zero-order chi connectivity index (χ0) is 54.1. The van der Waals surface area contributed by atoms with Gasteiger partial charge < -0.3 is 50.2 Å². The van der Waals surface area contributed by atoms with Crippen molar-refractivity contribution in [1.82, 2.24) is 29.9 Å². The van der Waals surface area contributed by atoms with Gasteiger partial charge in [0.2, 0.25) is 29.5 Å². The number of nitrogens with zero attached hydrogens (tertiary/aromatic N) is 5. The van der Waals surface area contributed by atoms with Gasteiger partial charge in [0.25, 0.3) is 0 Å². The van der Waals surface area contributed by atoms with Crippen LogP contribution in [0.3, 0.4) is 0 Å². The maximum absolute atomic E-state index is 15.1. The maximum atomic E-state index is 15.1. The van der Waals surface area contributed by atoms with Gasteiger partial charge in [-0.15, -0.1) is 0 Å². The van der Waals surface area contributed by atoms with E-state index in [0.717, 1.165) is 26.9 Å². The second kappa shape index (κ2) is 27.9. The Hall–Kier alpha value is -6.48. The summed E-state index contributed by atoms with van der Waals surface area (Å²) < 4.78 is 12.6. The van der Waals surface area contributed by atoms with Crippen molar-refractivity contribution in [3.05, 3.63) is 65.9 Å². The zero-order valence-corrected chi connectivity index (χ0v) is 44.6. The number of aromatic nitrogens is 1. The van der Waals surface area contributed by atoms with E-state index < -0.39 is 83.8 Å². The van der Waals surface area contributed by atoms with Gasteiger partial charge in [-0.1, -0.05) is 85.7 Å². The molecule has 3 aromatic rings. The number of benzene rings is 2. The predicted octanol–water partition coefficient (Wildman–Crippen LogP) is 5.52. The molecule has 3 rings (SSSR count). The number of hydrogen-bond acceptors (Lipinski definition) is 11. The van der Waals surface area contributed by atoms with E-state index in [2.05, 4.69) is 15.2 Å². The number of carboxylic acid groups (broad SMARTS) is 1. The third kappa shape index (κ3) is 17.1. The molecular weight excluding hydrogens is 921 g/mol. The molecule has 0 saturated heterocycles. The topological polar surface area (TPSA) is 247 Å². The molecule has 0 aliphatic carbocycles. The smallest absolute Gasteiger partial charge is 0.345 e. The highest BCUT2D eigenvalue weighted by Crippen LogP contribution is 2.27. The summed E-state index contributed by atoms with van der Waals surface area (Å²) in [4.78, 5) is 101. The SMILES string of the molecule is COc1ccc(Cn2cc(C[C@@H](C(=O)N[C@@H](CC(C)C)C(=O)N(C)[C@@H](C)C(=O)O[C@H](CCC#N)C(=O)O)N(C)C(=O)[C@H](CC(C)C)NC(=O)[C@H](CC(C)C)N(C)C(=O)[C@@H](N)CC(C)C)c3ccccc32)cc1. The van der Waals surface area contributed by atoms with Crippen molar-refractivity contribution in [3.8, 4) is 11.8 Å². The van der Waals surface area contributed by atoms with Gasteiger partial charge in [0.15, 0.2) is 6.10 Å². The van der Waals surface area contributed by atoms with Crippen LogP contribution in [0, 0.1) is 35.0 Å². The summed E-state index contributed by atoms with van der Waals surface area (Å²) >= 11 is 0. The molecule has 1 aromatic heterocycles. The summed E-state index contributed by atoms with van der Waals surface area (Å²) in [7, 11) is 5.98. The predicted molar refractivity (Wildman–Crippen MR) is 275 cm³/mol. The van der Waals surface area contributed by atoms with Crippen LogP contribution in [0.4, 0.5) is 0 Å². The molecule has 72 heavy (non-hydrogen) atoms. The van der Waals surface area contributed by atoms with Crippen LogP contribution in [0.2, 0.25) is 0 Å². The van der Waals surface area contributed by atoms with Crippen molar-refractivity contribution in [3.63, 3.8) is 0 Å². The van der Waals surface area contributed by atoms with Crippen molar-refractivity contribution in [1.29, 1.82) is 5.26 Å². The van der Waals surface area contributed by atoms with Crippen LogP contribution in [0.25, 0.3) is 10.9 Å². The van der Waals surface area contributed by atoms with E-state index in [1.807, 2.05) is 116 Å². The standard InChI is InChI=1S/C54H80N8O10/c1-32(2)25-41(56)50(65)60(11)45(28-35(7)8)48(63)58-43(27-34(5)6)52(67)61(12)46(29-38-31-62(44-18-15-14-17-40(38)44)30-37-20-22-39(71-13)23-21-37)49(64)57-42(26-33(3)4)51(66)59(10)36(9)54(70)72-47(53(68)69)19-16-24-55/h14-15,17-18,20-23,31-36,41-43,45-47H,16,19,25-30,56H2,1-13H3,(H,57,64)(H,58,63)(H,68,69)/t36-,41-,42-,43-,45-,46-,47+/m0/s1. The molecule has 7 atom stereocenters. The van der Waals surface area contributed by atoms with Crippen molar-refractivity contribution < 1.29 is 48.1 Å². The van der Waals surface area contributed by atoms with Gasteiger partial charge in [-0.05, 0) is 85.6 Å². The molecule has 18 nitrogen and oxygen atoms in total. The van der Waals surface area contributed by atoms with E-state index in [0.29, 0.717) is 25.1 Å². The molecule has 396 valence electrons. The summed E-state index contributed by atoms with van der Waals surface area (Å²) in [6, 6.07) is 10.5. The Balaban J connectivity index is 2.13. The normalized spacial score (nSPS) is 14.4. The van der Waals surface area contributed by atoms with E-state index >= 15 is 9.59 Å². The highest BCUT2D eigenvalue weighted by molar-refractivity contribution is 5.97. The number of aliphatic carboxylic acids is 1. The van der Waals surface area contributed by atoms with Gasteiger partial charge in [0.05, 0.1) is 19.2 Å². The fourth-order valence-corrected chi connectivity index (χ4v) is 8.65. The molecule has 0 fully saturated rings. The molecule has 0 aliphatic heterocycles. The Morgan fingerprint density at radius 2 is 1.22 bits per heavy atom. The fraction of sp³-hybridized carbons (Fsp3) is 0.593. The van der Waals surface area contributed by atoms with Crippen LogP contribution in [0.1, 0.15) is 112 Å². The first-order valence-electron chi connectivity index (χ1n) is 25.0. The van der Waals surface area contributed by atoms with Gasteiger partial charge in [0.1, 0.15) is 36.0 Å². The number of nitrogens with two attached hydrogens (primary N) is 1. The molecule has 1 heterocycles. The van der Waals surface area contributed by atoms with Crippen LogP contribution in [0.5, 0.6) is 5.75 Å². The van der Waals surface area contributed by atoms with E-state index in [-0.39, 0.29) is 55.8 Å². The van der Waals surface area contributed by atoms with Crippen molar-refractivity contribution in [2.75, 3.05) is 28.3 Å². The number of rotatable bonds is 28. The first kappa shape index (κ1) is 59.8. The molecule has 0 radical (unpaired) electrons. The Kier molecular flexibility index (Phi) is 23.2. The molecule has 0 spiro atoms. The number of amides is 5. The molecule has 5 amide bonds. The Labute approximate surface area is 425 Å². The number of hydrogen-bond donors (Lipinski definition) is 4. The van der Waals surface area contributed by atoms with E-state index in [4.69, 9.17) is 20.5 Å². The Morgan fingerprint density at radius 3 is 1.74 bits per heavy atom. The van der Waals surface area contributed by atoms with E-state index in [1.165, 1.54) is 30.8 Å². The van der Waals surface area contributed by atoms with E-state index in [9.17, 15) is 29.1 Å². The molecule has 0 aliphatic rings. The number of carboxylic acids is 1.